The fraction of sp³-hybridized carbons (Fsp3) is 0.964. The summed E-state index contributed by atoms with van der Waals surface area (Å²) in [6.45, 7) is 3.79. The molecule has 0 fully saturated rings. The lowest BCUT2D eigenvalue weighted by Gasteiger charge is -2.19. The van der Waals surface area contributed by atoms with Crippen LogP contribution >= 0.6 is 7.82 Å². The fourth-order valence-corrected chi connectivity index (χ4v) is 9.52. The third-order valence-corrected chi connectivity index (χ3v) is 14.0. The number of unbranched alkanes of at least 4 members (excludes halogenated alkanes) is 42. The molecular formula is C55H110NO8P. The Bertz CT molecular complexity index is 1030. The minimum absolute atomic E-state index is 0.0583. The quantitative estimate of drug-likeness (QED) is 0.0347. The van der Waals surface area contributed by atoms with Crippen LogP contribution < -0.4 is 5.73 Å². The maximum Gasteiger partial charge on any atom is 0.472 e. The highest BCUT2D eigenvalue weighted by molar-refractivity contribution is 7.47. The molecule has 0 aromatic carbocycles. The molecule has 2 atom stereocenters. The van der Waals surface area contributed by atoms with Crippen LogP contribution in [0.5, 0.6) is 0 Å². The summed E-state index contributed by atoms with van der Waals surface area (Å²) in [6, 6.07) is 0. The third kappa shape index (κ3) is 52.2. The Kier molecular flexibility index (Phi) is 51.6. The first kappa shape index (κ1) is 64.0. The number of nitrogens with two attached hydrogens (primary N) is 1. The summed E-state index contributed by atoms with van der Waals surface area (Å²) >= 11 is 0. The van der Waals surface area contributed by atoms with Gasteiger partial charge in [0, 0.05) is 19.4 Å². The first-order valence-corrected chi connectivity index (χ1v) is 30.0. The number of hydrogen-bond donors (Lipinski definition) is 2. The lowest BCUT2D eigenvalue weighted by Crippen LogP contribution is -2.29. The van der Waals surface area contributed by atoms with Crippen molar-refractivity contribution in [2.45, 2.75) is 315 Å². The van der Waals surface area contributed by atoms with Gasteiger partial charge in [0.15, 0.2) is 6.10 Å². The smallest absolute Gasteiger partial charge is 0.462 e. The number of ether oxygens (including phenoxy) is 2. The summed E-state index contributed by atoms with van der Waals surface area (Å²) in [5.74, 6) is -0.809. The van der Waals surface area contributed by atoms with Crippen molar-refractivity contribution >= 4 is 19.8 Å². The predicted octanol–water partition coefficient (Wildman–Crippen LogP) is 17.5. The minimum Gasteiger partial charge on any atom is -0.462 e. The molecule has 0 aromatic heterocycles. The van der Waals surface area contributed by atoms with Gasteiger partial charge in [-0.2, -0.15) is 0 Å². The largest absolute Gasteiger partial charge is 0.472 e. The molecule has 65 heavy (non-hydrogen) atoms. The number of phosphoric ester groups is 1. The van der Waals surface area contributed by atoms with Crippen molar-refractivity contribution in [3.63, 3.8) is 0 Å². The molecule has 0 bridgehead atoms. The zero-order valence-electron chi connectivity index (χ0n) is 43.3. The van der Waals surface area contributed by atoms with E-state index in [0.29, 0.717) is 6.42 Å². The molecule has 10 heteroatoms. The van der Waals surface area contributed by atoms with Crippen molar-refractivity contribution in [1.82, 2.24) is 0 Å². The fourth-order valence-electron chi connectivity index (χ4n) is 8.76. The summed E-state index contributed by atoms with van der Waals surface area (Å²) in [7, 11) is -4.37. The maximum absolute atomic E-state index is 12.7. The molecule has 0 saturated heterocycles. The van der Waals surface area contributed by atoms with E-state index in [-0.39, 0.29) is 38.6 Å². The van der Waals surface area contributed by atoms with Gasteiger partial charge in [0.1, 0.15) is 6.61 Å². The van der Waals surface area contributed by atoms with E-state index in [2.05, 4.69) is 13.8 Å². The number of hydrogen-bond acceptors (Lipinski definition) is 8. The molecule has 9 nitrogen and oxygen atoms in total. The van der Waals surface area contributed by atoms with Crippen LogP contribution in [-0.4, -0.2) is 49.3 Å². The van der Waals surface area contributed by atoms with Crippen LogP contribution in [0, 0.1) is 0 Å². The standard InChI is InChI=1S/C55H110NO8P/c1-3-5-7-9-11-13-15-16-17-18-19-20-21-22-23-24-25-26-27-28-29-30-31-32-33-34-35-36-38-40-42-44-46-48-55(58)64-53(52-63-65(59,60)62-50-49-56)51-61-54(57)47-45-43-41-39-37-14-12-10-8-6-4-2/h53H,3-52,56H2,1-2H3,(H,59,60). The van der Waals surface area contributed by atoms with Gasteiger partial charge in [-0.3, -0.25) is 18.6 Å². The van der Waals surface area contributed by atoms with Gasteiger partial charge in [-0.15, -0.1) is 0 Å². The molecular weight excluding hydrogens is 834 g/mol. The van der Waals surface area contributed by atoms with E-state index in [9.17, 15) is 19.0 Å². The molecule has 0 aliphatic heterocycles. The average molecular weight is 944 g/mol. The van der Waals surface area contributed by atoms with Crippen LogP contribution in [0.15, 0.2) is 0 Å². The average Bonchev–Trinajstić information content (AvgIpc) is 3.30. The third-order valence-electron chi connectivity index (χ3n) is 13.0. The summed E-state index contributed by atoms with van der Waals surface area (Å²) < 4.78 is 32.9. The summed E-state index contributed by atoms with van der Waals surface area (Å²) in [5, 5.41) is 0. The van der Waals surface area contributed by atoms with Crippen LogP contribution in [0.2, 0.25) is 0 Å². The molecule has 0 saturated carbocycles. The molecule has 0 aliphatic rings. The molecule has 2 unspecified atom stereocenters. The highest BCUT2D eigenvalue weighted by Gasteiger charge is 2.26. The second-order valence-electron chi connectivity index (χ2n) is 19.5. The highest BCUT2D eigenvalue weighted by Crippen LogP contribution is 2.43. The number of rotatable bonds is 55. The van der Waals surface area contributed by atoms with Gasteiger partial charge in [0.05, 0.1) is 13.2 Å². The normalized spacial score (nSPS) is 13.0. The maximum atomic E-state index is 12.7. The van der Waals surface area contributed by atoms with Crippen molar-refractivity contribution in [3.05, 3.63) is 0 Å². The van der Waals surface area contributed by atoms with Gasteiger partial charge in [-0.25, -0.2) is 4.57 Å². The molecule has 3 N–H and O–H groups in total. The second-order valence-corrected chi connectivity index (χ2v) is 21.0. The molecule has 0 heterocycles. The van der Waals surface area contributed by atoms with Crippen LogP contribution in [-0.2, 0) is 32.7 Å². The Morgan fingerprint density at radius 3 is 0.938 bits per heavy atom. The number of carbonyl (C=O) groups is 2. The van der Waals surface area contributed by atoms with Gasteiger partial charge in [-0.1, -0.05) is 284 Å². The Hall–Kier alpha value is -0.990. The molecule has 0 aliphatic carbocycles. The van der Waals surface area contributed by atoms with Gasteiger partial charge in [0.2, 0.25) is 0 Å². The van der Waals surface area contributed by atoms with Gasteiger partial charge in [0.25, 0.3) is 0 Å². The first-order chi connectivity index (χ1) is 31.8. The van der Waals surface area contributed by atoms with Crippen molar-refractivity contribution in [3.8, 4) is 0 Å². The van der Waals surface area contributed by atoms with Crippen LogP contribution in [0.1, 0.15) is 309 Å². The Labute approximate surface area is 403 Å². The van der Waals surface area contributed by atoms with E-state index in [4.69, 9.17) is 24.3 Å². The SMILES string of the molecule is CCCCCCCCCCCCCCCCCCCCCCCCCCCCCCCCCCCC(=O)OC(COC(=O)CCCCCCCCCCCCC)COP(=O)(O)OCCN. The predicted molar refractivity (Wildman–Crippen MR) is 275 cm³/mol. The number of phosphoric acid groups is 1. The zero-order chi connectivity index (χ0) is 47.4. The van der Waals surface area contributed by atoms with Crippen LogP contribution in [0.25, 0.3) is 0 Å². The van der Waals surface area contributed by atoms with E-state index < -0.39 is 26.5 Å². The van der Waals surface area contributed by atoms with E-state index in [1.165, 1.54) is 244 Å². The summed E-state index contributed by atoms with van der Waals surface area (Å²) in [6.07, 6.45) is 57.6. The first-order valence-electron chi connectivity index (χ1n) is 28.5. The summed E-state index contributed by atoms with van der Waals surface area (Å²) in [5.41, 5.74) is 5.37. The van der Waals surface area contributed by atoms with E-state index >= 15 is 0 Å². The molecule has 0 rings (SSSR count). The number of esters is 2. The van der Waals surface area contributed by atoms with Crippen molar-refractivity contribution in [1.29, 1.82) is 0 Å². The lowest BCUT2D eigenvalue weighted by molar-refractivity contribution is -0.161. The van der Waals surface area contributed by atoms with Gasteiger partial charge in [-0.05, 0) is 12.8 Å². The monoisotopic (exact) mass is 944 g/mol. The van der Waals surface area contributed by atoms with E-state index in [1.54, 1.807) is 0 Å². The molecule has 0 aromatic rings. The highest BCUT2D eigenvalue weighted by atomic mass is 31.2. The summed E-state index contributed by atoms with van der Waals surface area (Å²) in [4.78, 5) is 35.0. The van der Waals surface area contributed by atoms with Crippen LogP contribution in [0.4, 0.5) is 0 Å². The van der Waals surface area contributed by atoms with Crippen molar-refractivity contribution in [2.75, 3.05) is 26.4 Å². The van der Waals surface area contributed by atoms with E-state index in [0.717, 1.165) is 32.1 Å². The van der Waals surface area contributed by atoms with Gasteiger partial charge < -0.3 is 20.1 Å². The van der Waals surface area contributed by atoms with Crippen LogP contribution in [0.3, 0.4) is 0 Å². The molecule has 0 spiro atoms. The minimum atomic E-state index is -4.37. The number of carbonyl (C=O) groups excluding carboxylic acids is 2. The molecule has 0 radical (unpaired) electrons. The Morgan fingerprint density at radius 2 is 0.662 bits per heavy atom. The second kappa shape index (κ2) is 52.4. The van der Waals surface area contributed by atoms with E-state index in [1.807, 2.05) is 0 Å². The zero-order valence-corrected chi connectivity index (χ0v) is 44.2. The molecule has 388 valence electrons. The Morgan fingerprint density at radius 1 is 0.400 bits per heavy atom. The van der Waals surface area contributed by atoms with Crippen molar-refractivity contribution in [2.24, 2.45) is 5.73 Å². The molecule has 0 amide bonds. The Balaban J connectivity index is 3.75. The van der Waals surface area contributed by atoms with Crippen molar-refractivity contribution < 1.29 is 37.6 Å². The topological polar surface area (TPSA) is 134 Å². The van der Waals surface area contributed by atoms with Gasteiger partial charge >= 0.3 is 19.8 Å². The lowest BCUT2D eigenvalue weighted by atomic mass is 10.0.